The van der Waals surface area contributed by atoms with Crippen molar-refractivity contribution < 1.29 is 9.53 Å². The summed E-state index contributed by atoms with van der Waals surface area (Å²) >= 11 is 0. The van der Waals surface area contributed by atoms with Crippen molar-refractivity contribution in [3.8, 4) is 5.88 Å². The van der Waals surface area contributed by atoms with Gasteiger partial charge in [0.05, 0.1) is 0 Å². The first-order chi connectivity index (χ1) is 8.74. The molecule has 1 fully saturated rings. The monoisotopic (exact) mass is 250 g/mol. The molecule has 0 spiro atoms. The fraction of sp³-hybridized carbons (Fsp3) is 0.583. The van der Waals surface area contributed by atoms with Gasteiger partial charge in [-0.1, -0.05) is 0 Å². The number of nitrogens with zero attached hydrogens (tertiary/aromatic N) is 2. The van der Waals surface area contributed by atoms with Gasteiger partial charge in [0.1, 0.15) is 0 Å². The Bertz CT molecular complexity index is 405. The van der Waals surface area contributed by atoms with Gasteiger partial charge in [0, 0.05) is 25.7 Å². The van der Waals surface area contributed by atoms with E-state index in [1.54, 1.807) is 12.3 Å². The number of anilines is 1. The highest BCUT2D eigenvalue weighted by Crippen LogP contribution is 2.13. The Morgan fingerprint density at radius 1 is 1.56 bits per heavy atom. The van der Waals surface area contributed by atoms with Gasteiger partial charge in [0.2, 0.25) is 11.8 Å². The van der Waals surface area contributed by atoms with Crippen molar-refractivity contribution in [1.82, 2.24) is 15.3 Å². The molecular weight excluding hydrogens is 232 g/mol. The van der Waals surface area contributed by atoms with Crippen LogP contribution in [0.15, 0.2) is 12.3 Å². The maximum atomic E-state index is 10.8. The lowest BCUT2D eigenvalue weighted by molar-refractivity contribution is -0.132. The maximum Gasteiger partial charge on any atom is 0.309 e. The maximum absolute atomic E-state index is 10.8. The number of nitrogens with one attached hydrogen (secondary N) is 2. The summed E-state index contributed by atoms with van der Waals surface area (Å²) in [4.78, 5) is 19.0. The van der Waals surface area contributed by atoms with E-state index in [9.17, 15) is 4.79 Å². The summed E-state index contributed by atoms with van der Waals surface area (Å²) in [6.45, 7) is 4.34. The number of hydrogen-bond donors (Lipinski definition) is 2. The molecule has 18 heavy (non-hydrogen) atoms. The van der Waals surface area contributed by atoms with Crippen molar-refractivity contribution in [1.29, 1.82) is 0 Å². The third kappa shape index (κ3) is 3.96. The van der Waals surface area contributed by atoms with Crippen LogP contribution in [0.25, 0.3) is 0 Å². The molecule has 0 bridgehead atoms. The molecule has 6 heteroatoms. The number of ether oxygens (including phenoxy) is 1. The predicted molar refractivity (Wildman–Crippen MR) is 67.4 cm³/mol. The zero-order valence-electron chi connectivity index (χ0n) is 10.5. The summed E-state index contributed by atoms with van der Waals surface area (Å²) in [5.41, 5.74) is 0. The molecule has 0 aromatic carbocycles. The summed E-state index contributed by atoms with van der Waals surface area (Å²) in [7, 11) is 0. The Morgan fingerprint density at radius 3 is 3.06 bits per heavy atom. The van der Waals surface area contributed by atoms with Crippen LogP contribution in [0.4, 0.5) is 5.95 Å². The second-order valence-corrected chi connectivity index (χ2v) is 4.39. The highest BCUT2D eigenvalue weighted by molar-refractivity contribution is 5.68. The number of hydrogen-bond acceptors (Lipinski definition) is 6. The topological polar surface area (TPSA) is 76.1 Å². The fourth-order valence-corrected chi connectivity index (χ4v) is 1.95. The quantitative estimate of drug-likeness (QED) is 0.770. The Morgan fingerprint density at radius 2 is 2.33 bits per heavy atom. The smallest absolute Gasteiger partial charge is 0.309 e. The molecule has 1 aliphatic heterocycles. The third-order valence-corrected chi connectivity index (χ3v) is 2.89. The van der Waals surface area contributed by atoms with Crippen LogP contribution in [0, 0.1) is 5.92 Å². The summed E-state index contributed by atoms with van der Waals surface area (Å²) in [5, 5.41) is 6.51. The molecule has 0 unspecified atom stereocenters. The molecule has 2 heterocycles. The molecule has 0 aliphatic carbocycles. The summed E-state index contributed by atoms with van der Waals surface area (Å²) < 4.78 is 4.91. The molecule has 0 amide bonds. The van der Waals surface area contributed by atoms with Crippen LogP contribution < -0.4 is 15.4 Å². The van der Waals surface area contributed by atoms with Gasteiger partial charge in [-0.15, -0.1) is 0 Å². The molecule has 0 atom stereocenters. The standard InChI is InChI=1S/C12H18N4O2/c1-9(17)18-11-4-7-14-12(16-11)15-8-10-2-5-13-6-3-10/h4,7,10,13H,2-3,5-6,8H2,1H3,(H,14,15,16). The van der Waals surface area contributed by atoms with Gasteiger partial charge in [-0.3, -0.25) is 4.79 Å². The van der Waals surface area contributed by atoms with Gasteiger partial charge in [0.25, 0.3) is 0 Å². The SMILES string of the molecule is CC(=O)Oc1ccnc(NCC2CCNCC2)n1. The van der Waals surface area contributed by atoms with Crippen molar-refractivity contribution in [2.75, 3.05) is 25.0 Å². The van der Waals surface area contributed by atoms with Gasteiger partial charge in [0.15, 0.2) is 0 Å². The molecule has 1 aliphatic rings. The molecule has 98 valence electrons. The molecular formula is C12H18N4O2. The van der Waals surface area contributed by atoms with E-state index in [1.807, 2.05) is 0 Å². The summed E-state index contributed by atoms with van der Waals surface area (Å²) in [5.74, 6) is 1.06. The lowest BCUT2D eigenvalue weighted by Crippen LogP contribution is -2.31. The van der Waals surface area contributed by atoms with Crippen LogP contribution in [0.1, 0.15) is 19.8 Å². The number of aromatic nitrogens is 2. The number of carbonyl (C=O) groups excluding carboxylic acids is 1. The lowest BCUT2D eigenvalue weighted by Gasteiger charge is -2.22. The van der Waals surface area contributed by atoms with Gasteiger partial charge in [-0.2, -0.15) is 4.98 Å². The zero-order valence-corrected chi connectivity index (χ0v) is 10.5. The minimum atomic E-state index is -0.377. The lowest BCUT2D eigenvalue weighted by atomic mass is 9.98. The van der Waals surface area contributed by atoms with Crippen LogP contribution in [-0.2, 0) is 4.79 Å². The Balaban J connectivity index is 1.86. The summed E-state index contributed by atoms with van der Waals surface area (Å²) in [6.07, 6.45) is 3.91. The molecule has 2 rings (SSSR count). The first kappa shape index (κ1) is 12.8. The first-order valence-corrected chi connectivity index (χ1v) is 6.20. The number of piperidine rings is 1. The molecule has 1 aromatic rings. The number of carbonyl (C=O) groups is 1. The fourth-order valence-electron chi connectivity index (χ4n) is 1.95. The van der Waals surface area contributed by atoms with Gasteiger partial charge >= 0.3 is 5.97 Å². The molecule has 6 nitrogen and oxygen atoms in total. The van der Waals surface area contributed by atoms with Crippen LogP contribution >= 0.6 is 0 Å². The van der Waals surface area contributed by atoms with E-state index >= 15 is 0 Å². The molecule has 0 saturated carbocycles. The van der Waals surface area contributed by atoms with Crippen molar-refractivity contribution in [3.63, 3.8) is 0 Å². The van der Waals surface area contributed by atoms with Crippen molar-refractivity contribution >= 4 is 11.9 Å². The third-order valence-electron chi connectivity index (χ3n) is 2.89. The summed E-state index contributed by atoms with van der Waals surface area (Å²) in [6, 6.07) is 1.57. The minimum absolute atomic E-state index is 0.283. The molecule has 0 radical (unpaired) electrons. The number of esters is 1. The van der Waals surface area contributed by atoms with Crippen LogP contribution in [0.2, 0.25) is 0 Å². The van der Waals surface area contributed by atoms with Crippen molar-refractivity contribution in [2.24, 2.45) is 5.92 Å². The van der Waals surface area contributed by atoms with Gasteiger partial charge in [-0.25, -0.2) is 4.98 Å². The average Bonchev–Trinajstić information content (AvgIpc) is 2.37. The molecule has 1 saturated heterocycles. The normalized spacial score (nSPS) is 16.3. The predicted octanol–water partition coefficient (Wildman–Crippen LogP) is 0.813. The second-order valence-electron chi connectivity index (χ2n) is 4.39. The van der Waals surface area contributed by atoms with Crippen LogP contribution in [-0.4, -0.2) is 35.6 Å². The van der Waals surface area contributed by atoms with E-state index in [1.165, 1.54) is 6.92 Å². The highest BCUT2D eigenvalue weighted by Gasteiger charge is 2.13. The van der Waals surface area contributed by atoms with E-state index in [2.05, 4.69) is 20.6 Å². The average molecular weight is 250 g/mol. The second kappa shape index (κ2) is 6.30. The zero-order chi connectivity index (χ0) is 12.8. The molecule has 2 N–H and O–H groups in total. The van der Waals surface area contributed by atoms with Crippen LogP contribution in [0.5, 0.6) is 5.88 Å². The molecule has 1 aromatic heterocycles. The van der Waals surface area contributed by atoms with Crippen molar-refractivity contribution in [2.45, 2.75) is 19.8 Å². The van der Waals surface area contributed by atoms with E-state index in [0.29, 0.717) is 11.9 Å². The Labute approximate surface area is 106 Å². The highest BCUT2D eigenvalue weighted by atomic mass is 16.5. The van der Waals surface area contributed by atoms with Crippen molar-refractivity contribution in [3.05, 3.63) is 12.3 Å². The van der Waals surface area contributed by atoms with Crippen LogP contribution in [0.3, 0.4) is 0 Å². The number of rotatable bonds is 4. The minimum Gasteiger partial charge on any atom is -0.407 e. The first-order valence-electron chi connectivity index (χ1n) is 6.20. The Kier molecular flexibility index (Phi) is 4.46. The van der Waals surface area contributed by atoms with E-state index in [4.69, 9.17) is 4.74 Å². The Hall–Kier alpha value is -1.69. The van der Waals surface area contributed by atoms with E-state index in [0.717, 1.165) is 32.5 Å². The van der Waals surface area contributed by atoms with E-state index < -0.39 is 0 Å². The van der Waals surface area contributed by atoms with Gasteiger partial charge in [-0.05, 0) is 31.8 Å². The van der Waals surface area contributed by atoms with E-state index in [-0.39, 0.29) is 11.8 Å². The van der Waals surface area contributed by atoms with Gasteiger partial charge < -0.3 is 15.4 Å². The largest absolute Gasteiger partial charge is 0.407 e.